The fraction of sp³-hybridized carbons (Fsp3) is 1.00. The summed E-state index contributed by atoms with van der Waals surface area (Å²) in [7, 11) is 1.87. The van der Waals surface area contributed by atoms with Crippen LogP contribution in [0.5, 0.6) is 0 Å². The van der Waals surface area contributed by atoms with Crippen molar-refractivity contribution in [2.24, 2.45) is 0 Å². The zero-order valence-electron chi connectivity index (χ0n) is 6.26. The quantitative estimate of drug-likeness (QED) is 0.378. The third kappa shape index (κ3) is 1.84. The van der Waals surface area contributed by atoms with Crippen LogP contribution in [0.4, 0.5) is 0 Å². The van der Waals surface area contributed by atoms with E-state index in [1.165, 1.54) is 25.7 Å². The van der Waals surface area contributed by atoms with Gasteiger partial charge in [0.05, 0.1) is 0 Å². The molecule has 1 aliphatic carbocycles. The van der Waals surface area contributed by atoms with E-state index in [4.69, 9.17) is 16.7 Å². The van der Waals surface area contributed by atoms with Crippen molar-refractivity contribution in [1.29, 1.82) is 0 Å². The van der Waals surface area contributed by atoms with E-state index in [-0.39, 0.29) is 0 Å². The third-order valence-electron chi connectivity index (χ3n) is 2.24. The second-order valence-corrected chi connectivity index (χ2v) is 3.30. The van der Waals surface area contributed by atoms with E-state index in [2.05, 4.69) is 0 Å². The number of aliphatic hydroxyl groups is 1. The Labute approximate surface area is 66.8 Å². The molecule has 10 heavy (non-hydrogen) atoms. The molecule has 3 heteroatoms. The molecule has 0 aromatic rings. The number of nitrogens with zero attached hydrogens (tertiary/aromatic N) is 1. The van der Waals surface area contributed by atoms with Gasteiger partial charge in [-0.1, -0.05) is 24.4 Å². The number of hydrogen-bond donors (Lipinski definition) is 1. The Hall–Kier alpha value is 0.210. The largest absolute Gasteiger partial charge is 0.365 e. The molecule has 1 saturated carbocycles. The minimum Gasteiger partial charge on any atom is -0.365 e. The van der Waals surface area contributed by atoms with E-state index >= 15 is 0 Å². The summed E-state index contributed by atoms with van der Waals surface area (Å²) in [5, 5.41) is 8.97. The first kappa shape index (κ1) is 8.31. The van der Waals surface area contributed by atoms with E-state index in [0.717, 1.165) is 0 Å². The summed E-state index contributed by atoms with van der Waals surface area (Å²) < 4.78 is 0. The minimum atomic E-state index is -0.803. The Balaban J connectivity index is 2.32. The Bertz CT molecular complexity index is 102. The third-order valence-corrected chi connectivity index (χ3v) is 2.54. The number of halogens is 1. The molecule has 0 saturated heterocycles. The van der Waals surface area contributed by atoms with Gasteiger partial charge in [0.25, 0.3) is 0 Å². The maximum atomic E-state index is 8.97. The van der Waals surface area contributed by atoms with Crippen LogP contribution < -0.4 is 0 Å². The van der Waals surface area contributed by atoms with Crippen LogP contribution in [0.25, 0.3) is 0 Å². The molecule has 1 fully saturated rings. The van der Waals surface area contributed by atoms with Crippen molar-refractivity contribution in [2.45, 2.75) is 37.4 Å². The predicted molar refractivity (Wildman–Crippen MR) is 41.9 cm³/mol. The zero-order chi connectivity index (χ0) is 7.56. The topological polar surface area (TPSA) is 23.5 Å². The van der Waals surface area contributed by atoms with E-state index < -0.39 is 5.69 Å². The molecule has 0 aromatic heterocycles. The summed E-state index contributed by atoms with van der Waals surface area (Å²) in [5.74, 6) is 0. The lowest BCUT2D eigenvalue weighted by molar-refractivity contribution is 0.0589. The molecule has 2 nitrogen and oxygen atoms in total. The summed E-state index contributed by atoms with van der Waals surface area (Å²) in [5.41, 5.74) is -0.803. The Morgan fingerprint density at radius 3 is 2.40 bits per heavy atom. The highest BCUT2D eigenvalue weighted by molar-refractivity contribution is 6.19. The highest BCUT2D eigenvalue weighted by atomic mass is 35.5. The van der Waals surface area contributed by atoms with E-state index in [1.54, 1.807) is 0 Å². The average molecular weight is 164 g/mol. The lowest BCUT2D eigenvalue weighted by Gasteiger charge is -2.24. The fourth-order valence-electron chi connectivity index (χ4n) is 1.49. The van der Waals surface area contributed by atoms with Gasteiger partial charge in [-0.05, 0) is 19.9 Å². The average Bonchev–Trinajstić information content (AvgIpc) is 2.36. The van der Waals surface area contributed by atoms with Gasteiger partial charge in [0, 0.05) is 6.04 Å². The minimum absolute atomic E-state index is 0.507. The Morgan fingerprint density at radius 1 is 1.50 bits per heavy atom. The summed E-state index contributed by atoms with van der Waals surface area (Å²) in [4.78, 5) is 1.83. The molecule has 0 aliphatic heterocycles. The molecule has 0 bridgehead atoms. The van der Waals surface area contributed by atoms with Crippen molar-refractivity contribution in [3.63, 3.8) is 0 Å². The van der Waals surface area contributed by atoms with E-state index in [1.807, 2.05) is 11.9 Å². The van der Waals surface area contributed by atoms with Crippen molar-refractivity contribution in [3.8, 4) is 0 Å². The van der Waals surface area contributed by atoms with Crippen molar-refractivity contribution < 1.29 is 5.11 Å². The Morgan fingerprint density at radius 2 is 2.00 bits per heavy atom. The van der Waals surface area contributed by atoms with Gasteiger partial charge in [-0.2, -0.15) is 0 Å². The van der Waals surface area contributed by atoms with E-state index in [0.29, 0.717) is 6.04 Å². The monoisotopic (exact) mass is 163 g/mol. The van der Waals surface area contributed by atoms with Crippen LogP contribution in [0.2, 0.25) is 0 Å². The Kier molecular flexibility index (Phi) is 2.96. The molecular weight excluding hydrogens is 150 g/mol. The number of rotatable bonds is 2. The van der Waals surface area contributed by atoms with Gasteiger partial charge in [-0.15, -0.1) is 0 Å². The smallest absolute Gasteiger partial charge is 0.185 e. The maximum absolute atomic E-state index is 8.97. The van der Waals surface area contributed by atoms with Gasteiger partial charge in [0.15, 0.2) is 5.69 Å². The molecule has 60 valence electrons. The molecule has 1 aliphatic rings. The first-order chi connectivity index (χ1) is 4.72. The molecule has 1 N–H and O–H groups in total. The van der Waals surface area contributed by atoms with Gasteiger partial charge in [-0.3, -0.25) is 4.90 Å². The van der Waals surface area contributed by atoms with Gasteiger partial charge in [-0.25, -0.2) is 0 Å². The first-order valence-corrected chi connectivity index (χ1v) is 4.19. The van der Waals surface area contributed by atoms with Crippen LogP contribution in [0, 0.1) is 0 Å². The molecular formula is C7H14ClNO. The lowest BCUT2D eigenvalue weighted by atomic mass is 10.2. The standard InChI is InChI=1S/C7H14ClNO/c1-9(7(8)10)6-4-2-3-5-6/h6-7,10H,2-5H2,1H3. The molecule has 1 atom stereocenters. The number of hydrogen-bond acceptors (Lipinski definition) is 2. The van der Waals surface area contributed by atoms with Crippen LogP contribution in [-0.2, 0) is 0 Å². The van der Waals surface area contributed by atoms with Gasteiger partial charge in [0.1, 0.15) is 0 Å². The highest BCUT2D eigenvalue weighted by Gasteiger charge is 2.22. The fourth-order valence-corrected chi connectivity index (χ4v) is 1.64. The van der Waals surface area contributed by atoms with Crippen molar-refractivity contribution in [2.75, 3.05) is 7.05 Å². The summed E-state index contributed by atoms with van der Waals surface area (Å²) in [6.07, 6.45) is 4.91. The number of alkyl halides is 1. The van der Waals surface area contributed by atoms with Crippen molar-refractivity contribution in [3.05, 3.63) is 0 Å². The summed E-state index contributed by atoms with van der Waals surface area (Å²) in [6.45, 7) is 0. The molecule has 1 unspecified atom stereocenters. The molecule has 0 amide bonds. The summed E-state index contributed by atoms with van der Waals surface area (Å²) in [6, 6.07) is 0.507. The van der Waals surface area contributed by atoms with Crippen LogP contribution in [-0.4, -0.2) is 28.8 Å². The highest BCUT2D eigenvalue weighted by Crippen LogP contribution is 2.23. The number of aliphatic hydroxyl groups excluding tert-OH is 1. The van der Waals surface area contributed by atoms with E-state index in [9.17, 15) is 0 Å². The van der Waals surface area contributed by atoms with Crippen LogP contribution in [0.3, 0.4) is 0 Å². The van der Waals surface area contributed by atoms with Crippen molar-refractivity contribution in [1.82, 2.24) is 4.90 Å². The van der Waals surface area contributed by atoms with Gasteiger partial charge >= 0.3 is 0 Å². The molecule has 0 heterocycles. The molecule has 0 radical (unpaired) electrons. The zero-order valence-corrected chi connectivity index (χ0v) is 7.01. The van der Waals surface area contributed by atoms with Crippen LogP contribution in [0.1, 0.15) is 25.7 Å². The molecule has 0 spiro atoms. The van der Waals surface area contributed by atoms with Gasteiger partial charge in [0.2, 0.25) is 0 Å². The van der Waals surface area contributed by atoms with Crippen LogP contribution >= 0.6 is 11.6 Å². The molecule has 0 aromatic carbocycles. The van der Waals surface area contributed by atoms with Crippen molar-refractivity contribution >= 4 is 11.6 Å². The second kappa shape index (κ2) is 3.56. The van der Waals surface area contributed by atoms with Crippen LogP contribution in [0.15, 0.2) is 0 Å². The lowest BCUT2D eigenvalue weighted by Crippen LogP contribution is -2.35. The normalized spacial score (nSPS) is 24.0. The van der Waals surface area contributed by atoms with Gasteiger partial charge < -0.3 is 5.11 Å². The predicted octanol–water partition coefficient (Wildman–Crippen LogP) is 1.38. The second-order valence-electron chi connectivity index (χ2n) is 2.91. The maximum Gasteiger partial charge on any atom is 0.185 e. The first-order valence-electron chi connectivity index (χ1n) is 3.76. The summed E-state index contributed by atoms with van der Waals surface area (Å²) >= 11 is 5.49. The SMILES string of the molecule is CN(C(O)Cl)C1CCCC1. The molecule has 1 rings (SSSR count).